The molecule has 1 aliphatic rings. The molecule has 1 aliphatic heterocycles. The quantitative estimate of drug-likeness (QED) is 0.924. The first-order valence-corrected chi connectivity index (χ1v) is 7.83. The lowest BCUT2D eigenvalue weighted by atomic mass is 10.1. The van der Waals surface area contributed by atoms with Crippen molar-refractivity contribution in [3.05, 3.63) is 30.0 Å². The van der Waals surface area contributed by atoms with E-state index in [1.54, 1.807) is 9.80 Å². The highest BCUT2D eigenvalue weighted by Crippen LogP contribution is 2.19. The molecule has 0 radical (unpaired) electrons. The molecule has 1 fully saturated rings. The van der Waals surface area contributed by atoms with Crippen LogP contribution in [0.3, 0.4) is 0 Å². The number of aromatic nitrogens is 1. The highest BCUT2D eigenvalue weighted by atomic mass is 16.5. The van der Waals surface area contributed by atoms with Crippen molar-refractivity contribution >= 4 is 22.9 Å². The number of nitrogens with zero attached hydrogens (tertiary/aromatic N) is 3. The number of nitrogens with one attached hydrogen (secondary N) is 1. The number of hydrogen-bond acceptors (Lipinski definition) is 4. The van der Waals surface area contributed by atoms with Crippen molar-refractivity contribution in [3.8, 4) is 0 Å². The summed E-state index contributed by atoms with van der Waals surface area (Å²) in [4.78, 5) is 27.7. The van der Waals surface area contributed by atoms with E-state index in [0.29, 0.717) is 44.0 Å². The maximum atomic E-state index is 12.4. The topological polar surface area (TPSA) is 78.7 Å². The fourth-order valence-electron chi connectivity index (χ4n) is 2.74. The highest BCUT2D eigenvalue weighted by molar-refractivity contribution is 5.86. The van der Waals surface area contributed by atoms with Crippen LogP contribution in [0.15, 0.2) is 28.8 Å². The summed E-state index contributed by atoms with van der Waals surface area (Å²) in [5.41, 5.74) is 1.35. The molecular weight excluding hydrogens is 296 g/mol. The molecule has 7 heteroatoms. The molecule has 0 atom stereocenters. The number of hydrogen-bond donors (Lipinski definition) is 1. The largest absolute Gasteiger partial charge is 0.356 e. The minimum atomic E-state index is -0.0675. The lowest BCUT2D eigenvalue weighted by molar-refractivity contribution is -0.131. The Morgan fingerprint density at radius 1 is 1.17 bits per heavy atom. The van der Waals surface area contributed by atoms with Gasteiger partial charge in [0.1, 0.15) is 5.69 Å². The summed E-state index contributed by atoms with van der Waals surface area (Å²) in [6.07, 6.45) is 0.220. The third kappa shape index (κ3) is 3.28. The summed E-state index contributed by atoms with van der Waals surface area (Å²) in [7, 11) is 0. The SMILES string of the molecule is CCNC(=O)N1CCN(C(=O)Cc2noc3ccccc23)CC1. The highest BCUT2D eigenvalue weighted by Gasteiger charge is 2.24. The first-order valence-electron chi connectivity index (χ1n) is 7.83. The Hall–Kier alpha value is -2.57. The maximum Gasteiger partial charge on any atom is 0.317 e. The molecular formula is C16H20N4O3. The first-order chi connectivity index (χ1) is 11.2. The fourth-order valence-corrected chi connectivity index (χ4v) is 2.74. The van der Waals surface area contributed by atoms with Crippen LogP contribution in [-0.4, -0.2) is 59.6 Å². The van der Waals surface area contributed by atoms with Crippen molar-refractivity contribution in [2.24, 2.45) is 0 Å². The van der Waals surface area contributed by atoms with E-state index in [0.717, 1.165) is 5.39 Å². The van der Waals surface area contributed by atoms with Crippen molar-refractivity contribution in [1.29, 1.82) is 0 Å². The van der Waals surface area contributed by atoms with Crippen LogP contribution >= 0.6 is 0 Å². The van der Waals surface area contributed by atoms with E-state index in [2.05, 4.69) is 10.5 Å². The third-order valence-corrected chi connectivity index (χ3v) is 4.02. The molecule has 2 aromatic rings. The average Bonchev–Trinajstić information content (AvgIpc) is 2.98. The number of carbonyl (C=O) groups is 2. The molecule has 0 spiro atoms. The van der Waals surface area contributed by atoms with Crippen LogP contribution < -0.4 is 5.32 Å². The number of amides is 3. The van der Waals surface area contributed by atoms with Crippen molar-refractivity contribution in [1.82, 2.24) is 20.3 Å². The molecule has 1 N–H and O–H groups in total. The van der Waals surface area contributed by atoms with Crippen molar-refractivity contribution in [2.75, 3.05) is 32.7 Å². The predicted molar refractivity (Wildman–Crippen MR) is 84.9 cm³/mol. The second-order valence-corrected chi connectivity index (χ2v) is 5.51. The van der Waals surface area contributed by atoms with Gasteiger partial charge in [-0.1, -0.05) is 17.3 Å². The molecule has 2 heterocycles. The van der Waals surface area contributed by atoms with Crippen LogP contribution in [0.5, 0.6) is 0 Å². The molecule has 0 aliphatic carbocycles. The Morgan fingerprint density at radius 3 is 2.61 bits per heavy atom. The Kier molecular flexibility index (Phi) is 4.45. The van der Waals surface area contributed by atoms with Crippen molar-refractivity contribution < 1.29 is 14.1 Å². The van der Waals surface area contributed by atoms with Crippen molar-refractivity contribution in [3.63, 3.8) is 0 Å². The summed E-state index contributed by atoms with van der Waals surface area (Å²) in [6.45, 7) is 4.70. The molecule has 1 aromatic carbocycles. The first kappa shape index (κ1) is 15.3. The van der Waals surface area contributed by atoms with Crippen LogP contribution in [0.1, 0.15) is 12.6 Å². The van der Waals surface area contributed by atoms with Gasteiger partial charge >= 0.3 is 6.03 Å². The molecule has 0 bridgehead atoms. The minimum Gasteiger partial charge on any atom is -0.356 e. The normalized spacial score (nSPS) is 15.0. The number of piperazine rings is 1. The summed E-state index contributed by atoms with van der Waals surface area (Å²) in [5, 5.41) is 7.65. The van der Waals surface area contributed by atoms with Gasteiger partial charge in [-0.25, -0.2) is 4.79 Å². The van der Waals surface area contributed by atoms with Gasteiger partial charge in [-0.05, 0) is 19.1 Å². The number of benzene rings is 1. The zero-order valence-corrected chi connectivity index (χ0v) is 13.1. The molecule has 1 aromatic heterocycles. The van der Waals surface area contributed by atoms with Crippen LogP contribution in [0.2, 0.25) is 0 Å². The number of para-hydroxylation sites is 1. The number of rotatable bonds is 3. The van der Waals surface area contributed by atoms with E-state index >= 15 is 0 Å². The molecule has 7 nitrogen and oxygen atoms in total. The van der Waals surface area contributed by atoms with E-state index in [9.17, 15) is 9.59 Å². The van der Waals surface area contributed by atoms with Crippen LogP contribution in [-0.2, 0) is 11.2 Å². The number of urea groups is 1. The number of carbonyl (C=O) groups excluding carboxylic acids is 2. The van der Waals surface area contributed by atoms with Gasteiger partial charge in [0.15, 0.2) is 5.58 Å². The van der Waals surface area contributed by atoms with E-state index in [-0.39, 0.29) is 18.4 Å². The van der Waals surface area contributed by atoms with Gasteiger partial charge in [0.2, 0.25) is 5.91 Å². The molecule has 122 valence electrons. The molecule has 3 amide bonds. The predicted octanol–water partition coefficient (Wildman–Crippen LogP) is 1.24. The van der Waals surface area contributed by atoms with Crippen LogP contribution in [0.4, 0.5) is 4.79 Å². The van der Waals surface area contributed by atoms with Gasteiger partial charge in [-0.2, -0.15) is 0 Å². The summed E-state index contributed by atoms with van der Waals surface area (Å²) >= 11 is 0. The van der Waals surface area contributed by atoms with Gasteiger partial charge in [-0.15, -0.1) is 0 Å². The summed E-state index contributed by atoms with van der Waals surface area (Å²) in [6, 6.07) is 7.45. The lowest BCUT2D eigenvalue weighted by Gasteiger charge is -2.34. The molecule has 0 saturated carbocycles. The van der Waals surface area contributed by atoms with E-state index in [1.807, 2.05) is 31.2 Å². The third-order valence-electron chi connectivity index (χ3n) is 4.02. The van der Waals surface area contributed by atoms with Gasteiger partial charge in [0.25, 0.3) is 0 Å². The van der Waals surface area contributed by atoms with Gasteiger partial charge in [-0.3, -0.25) is 4.79 Å². The van der Waals surface area contributed by atoms with Crippen LogP contribution in [0.25, 0.3) is 11.0 Å². The van der Waals surface area contributed by atoms with Gasteiger partial charge in [0, 0.05) is 38.1 Å². The van der Waals surface area contributed by atoms with Crippen molar-refractivity contribution in [2.45, 2.75) is 13.3 Å². The Bertz CT molecular complexity index is 704. The maximum absolute atomic E-state index is 12.4. The average molecular weight is 316 g/mol. The van der Waals surface area contributed by atoms with Crippen LogP contribution in [0, 0.1) is 0 Å². The second-order valence-electron chi connectivity index (χ2n) is 5.51. The monoisotopic (exact) mass is 316 g/mol. The standard InChI is InChI=1S/C16H20N4O3/c1-2-17-16(22)20-9-7-19(8-10-20)15(21)11-13-12-5-3-4-6-14(12)23-18-13/h3-6H,2,7-11H2,1H3,(H,17,22). The van der Waals surface area contributed by atoms with Gasteiger partial charge < -0.3 is 19.6 Å². The zero-order chi connectivity index (χ0) is 16.2. The second kappa shape index (κ2) is 6.68. The summed E-state index contributed by atoms with van der Waals surface area (Å²) in [5.74, 6) is 0.0135. The lowest BCUT2D eigenvalue weighted by Crippen LogP contribution is -2.53. The summed E-state index contributed by atoms with van der Waals surface area (Å²) < 4.78 is 5.23. The zero-order valence-electron chi connectivity index (χ0n) is 13.1. The molecule has 1 saturated heterocycles. The molecule has 0 unspecified atom stereocenters. The Labute approximate surface area is 134 Å². The molecule has 3 rings (SSSR count). The van der Waals surface area contributed by atoms with E-state index in [1.165, 1.54) is 0 Å². The number of fused-ring (bicyclic) bond motifs is 1. The van der Waals surface area contributed by atoms with E-state index < -0.39 is 0 Å². The molecule has 23 heavy (non-hydrogen) atoms. The Morgan fingerprint density at radius 2 is 1.87 bits per heavy atom. The van der Waals surface area contributed by atoms with E-state index in [4.69, 9.17) is 4.52 Å². The van der Waals surface area contributed by atoms with Gasteiger partial charge in [0.05, 0.1) is 6.42 Å². The smallest absolute Gasteiger partial charge is 0.317 e. The fraction of sp³-hybridized carbons (Fsp3) is 0.438. The minimum absolute atomic E-state index is 0.0135. The Balaban J connectivity index is 1.59.